The quantitative estimate of drug-likeness (QED) is 0.465. The number of halogens is 2. The van der Waals surface area contributed by atoms with Crippen molar-refractivity contribution in [2.75, 3.05) is 44.3 Å². The van der Waals surface area contributed by atoms with Gasteiger partial charge in [0.05, 0.1) is 28.5 Å². The molecule has 1 fully saturated rings. The van der Waals surface area contributed by atoms with E-state index in [1.54, 1.807) is 11.0 Å². The number of rotatable bonds is 6. The van der Waals surface area contributed by atoms with Gasteiger partial charge < -0.3 is 4.74 Å². The van der Waals surface area contributed by atoms with Crippen LogP contribution in [0.3, 0.4) is 0 Å². The molecule has 31 heavy (non-hydrogen) atoms. The van der Waals surface area contributed by atoms with Crippen LogP contribution in [-0.4, -0.2) is 55.2 Å². The molecule has 164 valence electrons. The molecule has 1 amide bonds. The fraction of sp³-hybridized carbons (Fsp3) is 0.304. The van der Waals surface area contributed by atoms with E-state index < -0.39 is 0 Å². The molecule has 1 saturated heterocycles. The minimum atomic E-state index is -0.0834. The molecule has 0 bridgehead atoms. The van der Waals surface area contributed by atoms with Crippen LogP contribution in [0, 0.1) is 6.92 Å². The van der Waals surface area contributed by atoms with Gasteiger partial charge in [0.25, 0.3) is 5.91 Å². The summed E-state index contributed by atoms with van der Waals surface area (Å²) in [6.07, 6.45) is 3.46. The maximum Gasteiger partial charge on any atom is 0.252 e. The maximum atomic E-state index is 13.2. The molecule has 3 aromatic rings. The number of carbonyl (C=O) groups excluding carboxylic acids is 1. The lowest BCUT2D eigenvalue weighted by Gasteiger charge is -2.28. The SMILES string of the molecule is Cc1ccc(Cl)c2sc(N(CCN3CCOCC3)C(=O)/C=C/c3ccccc3)nc12.Cl. The smallest absolute Gasteiger partial charge is 0.252 e. The molecule has 0 unspecified atom stereocenters. The van der Waals surface area contributed by atoms with E-state index in [0.29, 0.717) is 16.7 Å². The van der Waals surface area contributed by atoms with E-state index >= 15 is 0 Å². The number of ether oxygens (including phenoxy) is 1. The fourth-order valence-electron chi connectivity index (χ4n) is 3.39. The van der Waals surface area contributed by atoms with Crippen molar-refractivity contribution in [3.05, 3.63) is 64.7 Å². The van der Waals surface area contributed by atoms with E-state index in [1.165, 1.54) is 11.3 Å². The zero-order valence-corrected chi connectivity index (χ0v) is 19.7. The Balaban J connectivity index is 0.00000272. The molecule has 1 aliphatic heterocycles. The van der Waals surface area contributed by atoms with Crippen LogP contribution in [0.2, 0.25) is 5.02 Å². The van der Waals surface area contributed by atoms with Gasteiger partial charge in [0.1, 0.15) is 0 Å². The van der Waals surface area contributed by atoms with Gasteiger partial charge in [-0.05, 0) is 30.2 Å². The zero-order valence-electron chi connectivity index (χ0n) is 17.3. The average Bonchev–Trinajstić information content (AvgIpc) is 3.23. The Morgan fingerprint density at radius 1 is 1.23 bits per heavy atom. The molecular formula is C23H25Cl2N3O2S. The molecule has 2 heterocycles. The van der Waals surface area contributed by atoms with E-state index in [1.807, 2.05) is 55.5 Å². The van der Waals surface area contributed by atoms with Crippen LogP contribution in [0.5, 0.6) is 0 Å². The third kappa shape index (κ3) is 5.84. The second kappa shape index (κ2) is 11.1. The van der Waals surface area contributed by atoms with Crippen LogP contribution >= 0.6 is 35.3 Å². The minimum Gasteiger partial charge on any atom is -0.379 e. The van der Waals surface area contributed by atoms with Crippen molar-refractivity contribution in [3.63, 3.8) is 0 Å². The van der Waals surface area contributed by atoms with E-state index in [4.69, 9.17) is 21.3 Å². The first-order chi connectivity index (χ1) is 14.6. The normalized spacial score (nSPS) is 14.6. The Labute approximate surface area is 197 Å². The van der Waals surface area contributed by atoms with Crippen LogP contribution in [0.25, 0.3) is 16.3 Å². The molecule has 8 heteroatoms. The lowest BCUT2D eigenvalue weighted by Crippen LogP contribution is -2.42. The molecule has 0 atom stereocenters. The van der Waals surface area contributed by atoms with Gasteiger partial charge in [-0.1, -0.05) is 59.3 Å². The summed E-state index contributed by atoms with van der Waals surface area (Å²) in [6, 6.07) is 13.7. The summed E-state index contributed by atoms with van der Waals surface area (Å²) in [4.78, 5) is 22.0. The second-order valence-electron chi connectivity index (χ2n) is 7.23. The summed E-state index contributed by atoms with van der Waals surface area (Å²) in [5, 5.41) is 1.34. The van der Waals surface area contributed by atoms with Crippen molar-refractivity contribution in [2.24, 2.45) is 0 Å². The van der Waals surface area contributed by atoms with Gasteiger partial charge in [-0.25, -0.2) is 4.98 Å². The Bertz CT molecular complexity index is 1010. The van der Waals surface area contributed by atoms with E-state index in [0.717, 1.165) is 54.2 Å². The standard InChI is InChI=1S/C23H24ClN3O2S.ClH/c1-17-7-9-19(24)22-21(17)25-23(30-22)27(12-11-26-13-15-29-16-14-26)20(28)10-8-18-5-3-2-4-6-18;/h2-10H,11-16H2,1H3;1H/b10-8+;. The summed E-state index contributed by atoms with van der Waals surface area (Å²) in [5.74, 6) is -0.0834. The lowest BCUT2D eigenvalue weighted by molar-refractivity contribution is -0.114. The van der Waals surface area contributed by atoms with Crippen molar-refractivity contribution in [2.45, 2.75) is 6.92 Å². The number of fused-ring (bicyclic) bond motifs is 1. The number of nitrogens with zero attached hydrogens (tertiary/aromatic N) is 3. The van der Waals surface area contributed by atoms with Crippen molar-refractivity contribution in [1.29, 1.82) is 0 Å². The predicted molar refractivity (Wildman–Crippen MR) is 132 cm³/mol. The summed E-state index contributed by atoms with van der Waals surface area (Å²) >= 11 is 7.87. The number of thiazole rings is 1. The van der Waals surface area contributed by atoms with Crippen LogP contribution in [0.4, 0.5) is 5.13 Å². The number of amides is 1. The maximum absolute atomic E-state index is 13.2. The van der Waals surface area contributed by atoms with Crippen molar-refractivity contribution in [3.8, 4) is 0 Å². The molecule has 0 aliphatic carbocycles. The van der Waals surface area contributed by atoms with Gasteiger partial charge in [-0.2, -0.15) is 0 Å². The Kier molecular flexibility index (Phi) is 8.46. The van der Waals surface area contributed by atoms with E-state index in [2.05, 4.69) is 4.90 Å². The van der Waals surface area contributed by atoms with Gasteiger partial charge in [-0.15, -0.1) is 12.4 Å². The van der Waals surface area contributed by atoms with E-state index in [9.17, 15) is 4.79 Å². The molecule has 1 aromatic heterocycles. The van der Waals surface area contributed by atoms with Crippen molar-refractivity contribution < 1.29 is 9.53 Å². The van der Waals surface area contributed by atoms with E-state index in [-0.39, 0.29) is 18.3 Å². The summed E-state index contributed by atoms with van der Waals surface area (Å²) in [6.45, 7) is 6.58. The average molecular weight is 478 g/mol. The Morgan fingerprint density at radius 3 is 2.68 bits per heavy atom. The number of aromatic nitrogens is 1. The monoisotopic (exact) mass is 477 g/mol. The van der Waals surface area contributed by atoms with Gasteiger partial charge in [-0.3, -0.25) is 14.6 Å². The molecule has 0 N–H and O–H groups in total. The van der Waals surface area contributed by atoms with Crippen molar-refractivity contribution in [1.82, 2.24) is 9.88 Å². The first-order valence-electron chi connectivity index (χ1n) is 10.0. The Hall–Kier alpha value is -1.96. The molecule has 0 saturated carbocycles. The van der Waals surface area contributed by atoms with Gasteiger partial charge in [0.15, 0.2) is 5.13 Å². The number of morpholine rings is 1. The topological polar surface area (TPSA) is 45.7 Å². The molecule has 2 aromatic carbocycles. The molecule has 5 nitrogen and oxygen atoms in total. The molecule has 4 rings (SSSR count). The lowest BCUT2D eigenvalue weighted by atomic mass is 10.2. The minimum absolute atomic E-state index is 0. The highest BCUT2D eigenvalue weighted by Gasteiger charge is 2.21. The molecule has 0 spiro atoms. The van der Waals surface area contributed by atoms with Crippen LogP contribution < -0.4 is 4.90 Å². The fourth-order valence-corrected chi connectivity index (χ4v) is 4.74. The molecular weight excluding hydrogens is 453 g/mol. The van der Waals surface area contributed by atoms with Gasteiger partial charge in [0.2, 0.25) is 0 Å². The number of carbonyl (C=O) groups is 1. The second-order valence-corrected chi connectivity index (χ2v) is 8.61. The Morgan fingerprint density at radius 2 is 1.97 bits per heavy atom. The summed E-state index contributed by atoms with van der Waals surface area (Å²) < 4.78 is 6.35. The third-order valence-corrected chi connectivity index (χ3v) is 6.68. The summed E-state index contributed by atoms with van der Waals surface area (Å²) in [7, 11) is 0. The largest absolute Gasteiger partial charge is 0.379 e. The third-order valence-electron chi connectivity index (χ3n) is 5.14. The molecule has 1 aliphatic rings. The predicted octanol–water partition coefficient (Wildman–Crippen LogP) is 5.06. The van der Waals surface area contributed by atoms with Crippen LogP contribution in [-0.2, 0) is 9.53 Å². The van der Waals surface area contributed by atoms with Crippen LogP contribution in [0.15, 0.2) is 48.5 Å². The molecule has 0 radical (unpaired) electrons. The highest BCUT2D eigenvalue weighted by atomic mass is 35.5. The van der Waals surface area contributed by atoms with Gasteiger partial charge in [0, 0.05) is 32.3 Å². The van der Waals surface area contributed by atoms with Crippen LogP contribution in [0.1, 0.15) is 11.1 Å². The zero-order chi connectivity index (χ0) is 20.9. The number of anilines is 1. The van der Waals surface area contributed by atoms with Crippen molar-refractivity contribution >= 4 is 62.7 Å². The van der Waals surface area contributed by atoms with Gasteiger partial charge >= 0.3 is 0 Å². The highest BCUT2D eigenvalue weighted by molar-refractivity contribution is 7.23. The number of benzene rings is 2. The first-order valence-corrected chi connectivity index (χ1v) is 11.2. The first kappa shape index (κ1) is 23.7. The highest BCUT2D eigenvalue weighted by Crippen LogP contribution is 2.35. The number of aryl methyl sites for hydroxylation is 1. The number of hydrogen-bond donors (Lipinski definition) is 0. The number of hydrogen-bond acceptors (Lipinski definition) is 5. The summed E-state index contributed by atoms with van der Waals surface area (Å²) in [5.41, 5.74) is 2.90.